The zero-order valence-electron chi connectivity index (χ0n) is 12.3. The van der Waals surface area contributed by atoms with Crippen LogP contribution < -0.4 is 0 Å². The summed E-state index contributed by atoms with van der Waals surface area (Å²) in [4.78, 5) is 11.3. The minimum Gasteiger partial charge on any atom is -0.368 e. The van der Waals surface area contributed by atoms with Gasteiger partial charge in [0.05, 0.1) is 18.8 Å². The van der Waals surface area contributed by atoms with Crippen LogP contribution in [-0.4, -0.2) is 43.7 Å². The summed E-state index contributed by atoms with van der Waals surface area (Å²) >= 11 is 0. The van der Waals surface area contributed by atoms with Crippen LogP contribution in [0.2, 0.25) is 0 Å². The molecule has 3 heterocycles. The number of morpholine rings is 1. The molecule has 0 radical (unpaired) electrons. The predicted molar refractivity (Wildman–Crippen MR) is 75.1 cm³/mol. The van der Waals surface area contributed by atoms with Crippen LogP contribution in [0, 0.1) is 6.92 Å². The summed E-state index contributed by atoms with van der Waals surface area (Å²) in [6.45, 7) is 5.40. The van der Waals surface area contributed by atoms with Crippen molar-refractivity contribution in [3.63, 3.8) is 0 Å². The molecule has 6 nitrogen and oxygen atoms in total. The van der Waals surface area contributed by atoms with Crippen molar-refractivity contribution in [2.24, 2.45) is 14.1 Å². The molecular formula is C14H21N5O. The largest absolute Gasteiger partial charge is 0.368 e. The van der Waals surface area contributed by atoms with Gasteiger partial charge in [-0.1, -0.05) is 0 Å². The monoisotopic (exact) mass is 275 g/mol. The molecule has 0 aliphatic carbocycles. The third kappa shape index (κ3) is 2.62. The molecule has 1 fully saturated rings. The van der Waals surface area contributed by atoms with Crippen LogP contribution in [0.5, 0.6) is 0 Å². The molecule has 0 unspecified atom stereocenters. The maximum atomic E-state index is 5.89. The molecule has 2 aromatic rings. The van der Waals surface area contributed by atoms with Gasteiger partial charge in [-0.25, -0.2) is 9.97 Å². The highest BCUT2D eigenvalue weighted by molar-refractivity contribution is 5.05. The summed E-state index contributed by atoms with van der Waals surface area (Å²) in [7, 11) is 4.05. The minimum absolute atomic E-state index is 0.0442. The number of ether oxygens (including phenoxy) is 1. The molecule has 0 N–H and O–H groups in total. The molecule has 6 heteroatoms. The second-order valence-electron chi connectivity index (χ2n) is 5.40. The van der Waals surface area contributed by atoms with Crippen LogP contribution in [0.15, 0.2) is 18.6 Å². The highest BCUT2D eigenvalue weighted by Gasteiger charge is 2.25. The van der Waals surface area contributed by atoms with Crippen LogP contribution in [0.1, 0.15) is 23.4 Å². The first kappa shape index (κ1) is 13.3. The van der Waals surface area contributed by atoms with Crippen LogP contribution in [-0.2, 0) is 25.4 Å². The Morgan fingerprint density at radius 3 is 2.85 bits per heavy atom. The Morgan fingerprint density at radius 2 is 2.20 bits per heavy atom. The van der Waals surface area contributed by atoms with E-state index in [2.05, 4.69) is 24.0 Å². The predicted octanol–water partition coefficient (Wildman–Crippen LogP) is 1.04. The van der Waals surface area contributed by atoms with Crippen molar-refractivity contribution in [1.29, 1.82) is 0 Å². The van der Waals surface area contributed by atoms with E-state index in [0.717, 1.165) is 43.6 Å². The average molecular weight is 275 g/mol. The molecule has 2 aromatic heterocycles. The quantitative estimate of drug-likeness (QED) is 0.839. The van der Waals surface area contributed by atoms with E-state index in [1.165, 1.54) is 0 Å². The van der Waals surface area contributed by atoms with E-state index in [-0.39, 0.29) is 6.10 Å². The van der Waals surface area contributed by atoms with Crippen LogP contribution in [0.3, 0.4) is 0 Å². The fourth-order valence-electron chi connectivity index (χ4n) is 2.69. The minimum atomic E-state index is 0.0442. The van der Waals surface area contributed by atoms with E-state index < -0.39 is 0 Å². The third-order valence-electron chi connectivity index (χ3n) is 3.76. The summed E-state index contributed by atoms with van der Waals surface area (Å²) in [6, 6.07) is 0. The Bertz CT molecular complexity index is 588. The summed E-state index contributed by atoms with van der Waals surface area (Å²) in [5, 5.41) is 0. The van der Waals surface area contributed by atoms with Gasteiger partial charge in [-0.05, 0) is 6.92 Å². The van der Waals surface area contributed by atoms with Gasteiger partial charge in [0, 0.05) is 45.8 Å². The van der Waals surface area contributed by atoms with Crippen molar-refractivity contribution < 1.29 is 4.74 Å². The molecule has 108 valence electrons. The zero-order valence-corrected chi connectivity index (χ0v) is 12.3. The smallest absolute Gasteiger partial charge is 0.139 e. The summed E-state index contributed by atoms with van der Waals surface area (Å²) in [5.41, 5.74) is 1.03. The molecule has 20 heavy (non-hydrogen) atoms. The number of rotatable bonds is 3. The number of hydrogen-bond acceptors (Lipinski definition) is 4. The topological polar surface area (TPSA) is 48.1 Å². The highest BCUT2D eigenvalue weighted by atomic mass is 16.5. The Kier molecular flexibility index (Phi) is 3.58. The second kappa shape index (κ2) is 5.38. The lowest BCUT2D eigenvalue weighted by atomic mass is 10.2. The van der Waals surface area contributed by atoms with Gasteiger partial charge in [-0.3, -0.25) is 4.90 Å². The van der Waals surface area contributed by atoms with E-state index in [9.17, 15) is 0 Å². The van der Waals surface area contributed by atoms with Crippen LogP contribution >= 0.6 is 0 Å². The lowest BCUT2D eigenvalue weighted by Crippen LogP contribution is -2.39. The Hall–Kier alpha value is -1.66. The maximum Gasteiger partial charge on any atom is 0.139 e. The van der Waals surface area contributed by atoms with Crippen LogP contribution in [0.4, 0.5) is 0 Å². The van der Waals surface area contributed by atoms with E-state index in [1.807, 2.05) is 39.6 Å². The van der Waals surface area contributed by atoms with E-state index in [0.29, 0.717) is 0 Å². The van der Waals surface area contributed by atoms with Gasteiger partial charge >= 0.3 is 0 Å². The van der Waals surface area contributed by atoms with E-state index >= 15 is 0 Å². The zero-order chi connectivity index (χ0) is 14.1. The first-order chi connectivity index (χ1) is 9.63. The second-order valence-corrected chi connectivity index (χ2v) is 5.40. The van der Waals surface area contributed by atoms with Gasteiger partial charge in [0.15, 0.2) is 0 Å². The lowest BCUT2D eigenvalue weighted by Gasteiger charge is -2.32. The molecule has 0 aromatic carbocycles. The molecule has 0 amide bonds. The maximum absolute atomic E-state index is 5.89. The van der Waals surface area contributed by atoms with E-state index in [4.69, 9.17) is 4.74 Å². The Balaban J connectivity index is 1.70. The molecule has 1 aliphatic rings. The van der Waals surface area contributed by atoms with Gasteiger partial charge in [0.25, 0.3) is 0 Å². The van der Waals surface area contributed by atoms with Crippen molar-refractivity contribution in [1.82, 2.24) is 24.0 Å². The molecule has 0 saturated carbocycles. The highest BCUT2D eigenvalue weighted by Crippen LogP contribution is 2.22. The molecule has 1 saturated heterocycles. The van der Waals surface area contributed by atoms with Gasteiger partial charge in [-0.15, -0.1) is 0 Å². The standard InChI is InChI=1S/C14H21N5O/c1-11-8-18(3)14(16-11)12-9-19(6-7-20-12)10-13-15-4-5-17(13)2/h4-5,8,12H,6-7,9-10H2,1-3H3/t12-/m1/s1. The normalized spacial score (nSPS) is 20.4. The fourth-order valence-corrected chi connectivity index (χ4v) is 2.69. The van der Waals surface area contributed by atoms with Gasteiger partial charge in [0.2, 0.25) is 0 Å². The first-order valence-corrected chi connectivity index (χ1v) is 6.93. The SMILES string of the molecule is Cc1cn(C)c([C@H]2CN(Cc3nccn3C)CCO2)n1. The van der Waals surface area contributed by atoms with Gasteiger partial charge < -0.3 is 13.9 Å². The van der Waals surface area contributed by atoms with Crippen molar-refractivity contribution in [3.05, 3.63) is 35.9 Å². The van der Waals surface area contributed by atoms with Gasteiger partial charge in [0.1, 0.15) is 17.8 Å². The number of nitrogens with zero attached hydrogens (tertiary/aromatic N) is 5. The van der Waals surface area contributed by atoms with Gasteiger partial charge in [-0.2, -0.15) is 0 Å². The van der Waals surface area contributed by atoms with Crippen LogP contribution in [0.25, 0.3) is 0 Å². The van der Waals surface area contributed by atoms with Crippen molar-refractivity contribution in [2.75, 3.05) is 19.7 Å². The molecular weight excluding hydrogens is 254 g/mol. The van der Waals surface area contributed by atoms with Crippen molar-refractivity contribution in [3.8, 4) is 0 Å². The third-order valence-corrected chi connectivity index (χ3v) is 3.76. The number of aryl methyl sites for hydroxylation is 3. The van der Waals surface area contributed by atoms with Crippen molar-refractivity contribution >= 4 is 0 Å². The molecule has 3 rings (SSSR count). The first-order valence-electron chi connectivity index (χ1n) is 6.93. The Morgan fingerprint density at radius 1 is 1.35 bits per heavy atom. The van der Waals surface area contributed by atoms with Crippen molar-refractivity contribution in [2.45, 2.75) is 19.6 Å². The Labute approximate surface area is 119 Å². The summed E-state index contributed by atoms with van der Waals surface area (Å²) in [5.74, 6) is 2.09. The molecule has 1 atom stereocenters. The molecule has 1 aliphatic heterocycles. The number of hydrogen-bond donors (Lipinski definition) is 0. The number of imidazole rings is 2. The van der Waals surface area contributed by atoms with E-state index in [1.54, 1.807) is 0 Å². The lowest BCUT2D eigenvalue weighted by molar-refractivity contribution is -0.0393. The summed E-state index contributed by atoms with van der Waals surface area (Å²) < 4.78 is 10.0. The summed E-state index contributed by atoms with van der Waals surface area (Å²) in [6.07, 6.45) is 5.91. The average Bonchev–Trinajstić information content (AvgIpc) is 2.96. The number of aromatic nitrogens is 4. The molecule has 0 bridgehead atoms. The molecule has 0 spiro atoms. The fraction of sp³-hybridized carbons (Fsp3) is 0.571.